The number of benzene rings is 3. The van der Waals surface area contributed by atoms with Crippen molar-refractivity contribution in [1.29, 1.82) is 0 Å². The summed E-state index contributed by atoms with van der Waals surface area (Å²) in [5, 5.41) is 18.9. The van der Waals surface area contributed by atoms with Gasteiger partial charge in [0.2, 0.25) is 11.8 Å². The summed E-state index contributed by atoms with van der Waals surface area (Å²) in [7, 11) is 0. The number of nitrogens with zero attached hydrogens (tertiary/aromatic N) is 5. The van der Waals surface area contributed by atoms with Gasteiger partial charge in [0.15, 0.2) is 0 Å². The van der Waals surface area contributed by atoms with E-state index in [1.54, 1.807) is 23.1 Å². The number of nitrogens with one attached hydrogen (secondary N) is 2. The van der Waals surface area contributed by atoms with E-state index >= 15 is 0 Å². The van der Waals surface area contributed by atoms with Gasteiger partial charge in [-0.3, -0.25) is 33.6 Å². The number of likely N-dealkylation sites (tertiary alicyclic amines) is 1. The van der Waals surface area contributed by atoms with Crippen molar-refractivity contribution in [2.24, 2.45) is 5.92 Å². The molecule has 5 aromatic rings. The fourth-order valence-electron chi connectivity index (χ4n) is 9.26. The van der Waals surface area contributed by atoms with E-state index in [0.29, 0.717) is 61.2 Å². The Bertz CT molecular complexity index is 2570. The van der Waals surface area contributed by atoms with Crippen LogP contribution in [0.25, 0.3) is 21.8 Å². The van der Waals surface area contributed by atoms with E-state index in [-0.39, 0.29) is 74.3 Å². The molecule has 1 aliphatic carbocycles. The first-order valence-corrected chi connectivity index (χ1v) is 22.2. The Labute approximate surface area is 364 Å². The molecule has 1 unspecified atom stereocenters. The van der Waals surface area contributed by atoms with Crippen LogP contribution < -0.4 is 16.2 Å². The van der Waals surface area contributed by atoms with Crippen LogP contribution in [0.15, 0.2) is 65.7 Å². The Morgan fingerprint density at radius 3 is 2.51 bits per heavy atom. The minimum absolute atomic E-state index is 0.0319. The molecule has 3 aliphatic rings. The molecule has 0 radical (unpaired) electrons. The molecule has 3 aromatic carbocycles. The number of amides is 3. The van der Waals surface area contributed by atoms with E-state index in [4.69, 9.17) is 9.72 Å². The quantitative estimate of drug-likeness (QED) is 0.123. The lowest BCUT2D eigenvalue weighted by Crippen LogP contribution is -2.51. The second-order valence-electron chi connectivity index (χ2n) is 17.3. The molecular weight excluding hydrogens is 809 g/mol. The maximum absolute atomic E-state index is 14.9. The molecule has 332 valence electrons. The van der Waals surface area contributed by atoms with Gasteiger partial charge in [0, 0.05) is 80.0 Å². The van der Waals surface area contributed by atoms with Gasteiger partial charge in [-0.25, -0.2) is 13.8 Å². The standard InChI is InChI=1S/C48H55F2N7O6/c1-31-37-6-2-3-7-41(37)54-43-26-33(9-12-38(31)43)45(59)51-17-4-5-34(25-32-8-10-35(49)27-40(32)50)46(60)56-19-15-48(62,16-20-56)29-57-30-52-42-28-36(11-13-39(42)47(57)61)53-44(58)14-18-55-21-23-63-24-22-55/h8-13,26-28,30,34,62H,2-7,14-25,29H2,1H3,(H,51,59)(H,53,58). The van der Waals surface area contributed by atoms with Crippen molar-refractivity contribution in [3.63, 3.8) is 0 Å². The monoisotopic (exact) mass is 863 g/mol. The molecule has 2 fully saturated rings. The van der Waals surface area contributed by atoms with Crippen molar-refractivity contribution in [2.75, 3.05) is 57.8 Å². The van der Waals surface area contributed by atoms with Crippen LogP contribution in [0.4, 0.5) is 14.5 Å². The number of aryl methyl sites for hydroxylation is 2. The highest BCUT2D eigenvalue weighted by Gasteiger charge is 2.37. The van der Waals surface area contributed by atoms with Crippen molar-refractivity contribution in [2.45, 2.75) is 83.3 Å². The first-order chi connectivity index (χ1) is 30.4. The fraction of sp³-hybridized carbons (Fsp3) is 0.458. The molecular formula is C48H55F2N7O6. The maximum Gasteiger partial charge on any atom is 0.261 e. The number of ether oxygens (including phenoxy) is 1. The van der Waals surface area contributed by atoms with E-state index in [2.05, 4.69) is 27.4 Å². The molecule has 0 saturated carbocycles. The number of aliphatic hydroxyl groups is 1. The lowest BCUT2D eigenvalue weighted by molar-refractivity contribution is -0.140. The van der Waals surface area contributed by atoms with Gasteiger partial charge < -0.3 is 25.4 Å². The van der Waals surface area contributed by atoms with E-state index in [0.717, 1.165) is 61.4 Å². The predicted molar refractivity (Wildman–Crippen MR) is 236 cm³/mol. The van der Waals surface area contributed by atoms with Crippen molar-refractivity contribution < 1.29 is 33.0 Å². The van der Waals surface area contributed by atoms with Crippen LogP contribution in [0.1, 0.15) is 77.7 Å². The van der Waals surface area contributed by atoms with Crippen LogP contribution in [-0.2, 0) is 40.1 Å². The van der Waals surface area contributed by atoms with Gasteiger partial charge in [-0.05, 0) is 118 Å². The van der Waals surface area contributed by atoms with Gasteiger partial charge in [0.25, 0.3) is 11.5 Å². The Balaban J connectivity index is 0.869. The van der Waals surface area contributed by atoms with E-state index < -0.39 is 23.2 Å². The minimum Gasteiger partial charge on any atom is -0.388 e. The SMILES string of the molecule is Cc1c2c(nc3cc(C(=O)NCCCC(Cc4ccc(F)cc4F)C(=O)N4CCC(O)(Cn5cnc6cc(NC(=O)CCN7CCOCC7)ccc6c5=O)CC4)ccc13)CCCC2. The number of piperidine rings is 1. The molecule has 8 rings (SSSR count). The molecule has 0 spiro atoms. The number of anilines is 1. The van der Waals surface area contributed by atoms with Crippen LogP contribution in [0.5, 0.6) is 0 Å². The summed E-state index contributed by atoms with van der Waals surface area (Å²) in [4.78, 5) is 66.8. The number of carbonyl (C=O) groups is 3. The normalized spacial score (nSPS) is 17.0. The van der Waals surface area contributed by atoms with E-state index in [9.17, 15) is 33.1 Å². The fourth-order valence-corrected chi connectivity index (χ4v) is 9.26. The highest BCUT2D eigenvalue weighted by Crippen LogP contribution is 2.30. The van der Waals surface area contributed by atoms with Crippen molar-refractivity contribution >= 4 is 45.2 Å². The number of carbonyl (C=O) groups excluding carboxylic acids is 3. The molecule has 2 aliphatic heterocycles. The van der Waals surface area contributed by atoms with Gasteiger partial charge >= 0.3 is 0 Å². The summed E-state index contributed by atoms with van der Waals surface area (Å²) in [5.41, 5.74) is 4.48. The minimum atomic E-state index is -1.30. The molecule has 63 heavy (non-hydrogen) atoms. The molecule has 13 nitrogen and oxygen atoms in total. The third kappa shape index (κ3) is 10.4. The summed E-state index contributed by atoms with van der Waals surface area (Å²) < 4.78 is 35.5. The number of fused-ring (bicyclic) bond motifs is 3. The number of aromatic nitrogens is 3. The van der Waals surface area contributed by atoms with Gasteiger partial charge in [-0.2, -0.15) is 0 Å². The summed E-state index contributed by atoms with van der Waals surface area (Å²) >= 11 is 0. The Hall–Kier alpha value is -5.64. The number of rotatable bonds is 14. The molecule has 4 heterocycles. The number of morpholine rings is 1. The van der Waals surface area contributed by atoms with Gasteiger partial charge in [-0.15, -0.1) is 0 Å². The highest BCUT2D eigenvalue weighted by atomic mass is 19.1. The maximum atomic E-state index is 14.9. The summed E-state index contributed by atoms with van der Waals surface area (Å²) in [6, 6.07) is 13.9. The smallest absolute Gasteiger partial charge is 0.261 e. The Morgan fingerprint density at radius 1 is 0.937 bits per heavy atom. The van der Waals surface area contributed by atoms with Gasteiger partial charge in [0.05, 0.1) is 48.1 Å². The number of hydrogen-bond donors (Lipinski definition) is 3. The topological polar surface area (TPSA) is 159 Å². The largest absolute Gasteiger partial charge is 0.388 e. The average molecular weight is 864 g/mol. The predicted octanol–water partition coefficient (Wildman–Crippen LogP) is 5.49. The number of hydrogen-bond acceptors (Lipinski definition) is 9. The first-order valence-electron chi connectivity index (χ1n) is 22.2. The van der Waals surface area contributed by atoms with Crippen molar-refractivity contribution in [3.05, 3.63) is 111 Å². The first kappa shape index (κ1) is 44.0. The molecule has 15 heteroatoms. The second-order valence-corrected chi connectivity index (χ2v) is 17.3. The third-order valence-electron chi connectivity index (χ3n) is 13.0. The molecule has 3 amide bonds. The van der Waals surface area contributed by atoms with Crippen molar-refractivity contribution in [1.82, 2.24) is 29.7 Å². The molecule has 3 N–H and O–H groups in total. The van der Waals surface area contributed by atoms with Crippen LogP contribution in [0, 0.1) is 24.5 Å². The van der Waals surface area contributed by atoms with Crippen LogP contribution in [0.3, 0.4) is 0 Å². The zero-order valence-electron chi connectivity index (χ0n) is 35.8. The molecule has 2 saturated heterocycles. The van der Waals surface area contributed by atoms with Gasteiger partial charge in [-0.1, -0.05) is 12.1 Å². The highest BCUT2D eigenvalue weighted by molar-refractivity contribution is 5.98. The van der Waals surface area contributed by atoms with E-state index in [1.165, 1.54) is 34.2 Å². The lowest BCUT2D eigenvalue weighted by Gasteiger charge is -2.39. The average Bonchev–Trinajstić information content (AvgIpc) is 3.28. The molecule has 0 bridgehead atoms. The molecule has 2 aromatic heterocycles. The third-order valence-corrected chi connectivity index (χ3v) is 13.0. The number of pyridine rings is 1. The van der Waals surface area contributed by atoms with Crippen molar-refractivity contribution in [3.8, 4) is 0 Å². The Kier molecular flexibility index (Phi) is 13.5. The van der Waals surface area contributed by atoms with Crippen LogP contribution in [0.2, 0.25) is 0 Å². The second kappa shape index (κ2) is 19.4. The lowest BCUT2D eigenvalue weighted by atomic mass is 9.88. The number of halogens is 2. The summed E-state index contributed by atoms with van der Waals surface area (Å²) in [6.07, 6.45) is 7.14. The Morgan fingerprint density at radius 2 is 1.71 bits per heavy atom. The molecule has 1 atom stereocenters. The van der Waals surface area contributed by atoms with Crippen LogP contribution >= 0.6 is 0 Å². The zero-order valence-corrected chi connectivity index (χ0v) is 35.8. The summed E-state index contributed by atoms with van der Waals surface area (Å²) in [6.45, 7) is 6.32. The summed E-state index contributed by atoms with van der Waals surface area (Å²) in [5.74, 6) is -2.71. The van der Waals surface area contributed by atoms with E-state index in [1.807, 2.05) is 18.2 Å². The van der Waals surface area contributed by atoms with Gasteiger partial charge in [0.1, 0.15) is 11.6 Å². The van der Waals surface area contributed by atoms with Crippen LogP contribution in [-0.4, -0.2) is 105 Å². The zero-order chi connectivity index (χ0) is 44.1.